The summed E-state index contributed by atoms with van der Waals surface area (Å²) >= 11 is 0. The van der Waals surface area contributed by atoms with Crippen LogP contribution >= 0.6 is 0 Å². The lowest BCUT2D eigenvalue weighted by atomic mass is 9.97. The zero-order chi connectivity index (χ0) is 34.7. The third-order valence-electron chi connectivity index (χ3n) is 8.97. The molecule has 0 radical (unpaired) electrons. The van der Waals surface area contributed by atoms with E-state index in [4.69, 9.17) is 28.4 Å². The second kappa shape index (κ2) is 20.2. The summed E-state index contributed by atoms with van der Waals surface area (Å²) < 4.78 is 33.6. The van der Waals surface area contributed by atoms with Crippen molar-refractivity contribution in [3.05, 3.63) is 0 Å². The highest BCUT2D eigenvalue weighted by molar-refractivity contribution is 4.94. The van der Waals surface area contributed by atoms with Crippen LogP contribution in [0.15, 0.2) is 0 Å². The summed E-state index contributed by atoms with van der Waals surface area (Å²) in [7, 11) is 0. The van der Waals surface area contributed by atoms with Crippen molar-refractivity contribution in [1.29, 1.82) is 0 Å². The van der Waals surface area contributed by atoms with Gasteiger partial charge in [0.15, 0.2) is 18.9 Å². The van der Waals surface area contributed by atoms with Crippen molar-refractivity contribution in [2.75, 3.05) is 26.4 Å². The number of unbranched alkanes of at least 4 members (excludes halogenated alkanes) is 7. The van der Waals surface area contributed by atoms with Crippen molar-refractivity contribution in [2.45, 2.75) is 163 Å². The smallest absolute Gasteiger partial charge is 0.187 e. The fourth-order valence-corrected chi connectivity index (χ4v) is 5.94. The largest absolute Gasteiger partial charge is 0.394 e. The molecule has 3 aliphatic heterocycles. The van der Waals surface area contributed by atoms with Gasteiger partial charge in [0.2, 0.25) is 0 Å². The van der Waals surface area contributed by atoms with Crippen LogP contribution in [0.2, 0.25) is 0 Å². The molecule has 17 heteroatoms. The van der Waals surface area contributed by atoms with Gasteiger partial charge in [0.25, 0.3) is 0 Å². The molecule has 0 aromatic rings. The highest BCUT2D eigenvalue weighted by atomic mass is 16.8. The molecular weight excluding hydrogens is 632 g/mol. The summed E-state index contributed by atoms with van der Waals surface area (Å²) in [6.45, 7) is 0.311. The quantitative estimate of drug-likeness (QED) is 0.0584. The summed E-state index contributed by atoms with van der Waals surface area (Å²) in [5, 5.41) is 110. The molecule has 0 aromatic heterocycles. The average Bonchev–Trinajstić information content (AvgIpc) is 3.06. The van der Waals surface area contributed by atoms with Gasteiger partial charge in [0.05, 0.1) is 25.9 Å². The maximum Gasteiger partial charge on any atom is 0.187 e. The molecule has 16 atom stereocenters. The highest BCUT2D eigenvalue weighted by Gasteiger charge is 2.51. The number of aliphatic hydroxyl groups excluding tert-OH is 11. The predicted octanol–water partition coefficient (Wildman–Crippen LogP) is -3.66. The standard InChI is InChI=1S/C30H56O17/c1-15(10-8-6-4-2-3-5-7-9-11-42-28-25(40)22(37)19(34)16(12-31)44-28)43-30-27(24(39)21(36)18(14-33)46-30)47-29-26(41)23(38)20(35)17(13-32)45-29/h15-41H,2-14H2,1H3. The van der Waals surface area contributed by atoms with Crippen molar-refractivity contribution in [2.24, 2.45) is 0 Å². The van der Waals surface area contributed by atoms with Crippen LogP contribution < -0.4 is 0 Å². The van der Waals surface area contributed by atoms with E-state index in [-0.39, 0.29) is 6.10 Å². The normalized spacial score (nSPS) is 42.0. The van der Waals surface area contributed by atoms with Gasteiger partial charge < -0.3 is 84.6 Å². The lowest BCUT2D eigenvalue weighted by molar-refractivity contribution is -0.371. The fraction of sp³-hybridized carbons (Fsp3) is 1.00. The molecule has 0 bridgehead atoms. The van der Waals surface area contributed by atoms with Crippen molar-refractivity contribution >= 4 is 0 Å². The molecule has 3 saturated heterocycles. The first kappa shape index (κ1) is 40.7. The molecule has 0 spiro atoms. The molecule has 11 N–H and O–H groups in total. The lowest BCUT2D eigenvalue weighted by Crippen LogP contribution is -2.64. The lowest BCUT2D eigenvalue weighted by Gasteiger charge is -2.46. The van der Waals surface area contributed by atoms with Crippen LogP contribution in [0.25, 0.3) is 0 Å². The minimum atomic E-state index is -1.74. The summed E-state index contributed by atoms with van der Waals surface area (Å²) in [6, 6.07) is 0. The van der Waals surface area contributed by atoms with Gasteiger partial charge in [0, 0.05) is 6.61 Å². The zero-order valence-electron chi connectivity index (χ0n) is 26.8. The van der Waals surface area contributed by atoms with Gasteiger partial charge in [-0.05, 0) is 19.8 Å². The maximum atomic E-state index is 10.8. The first-order chi connectivity index (χ1) is 22.4. The molecule has 47 heavy (non-hydrogen) atoms. The van der Waals surface area contributed by atoms with Crippen LogP contribution in [-0.4, -0.2) is 181 Å². The Hall–Kier alpha value is -0.680. The highest BCUT2D eigenvalue weighted by Crippen LogP contribution is 2.31. The first-order valence-electron chi connectivity index (χ1n) is 16.6. The van der Waals surface area contributed by atoms with Crippen molar-refractivity contribution in [3.63, 3.8) is 0 Å². The Labute approximate surface area is 274 Å². The Morgan fingerprint density at radius 2 is 0.915 bits per heavy atom. The van der Waals surface area contributed by atoms with E-state index in [0.29, 0.717) is 13.0 Å². The molecular formula is C30H56O17. The maximum absolute atomic E-state index is 10.8. The van der Waals surface area contributed by atoms with Crippen LogP contribution in [0.5, 0.6) is 0 Å². The van der Waals surface area contributed by atoms with Gasteiger partial charge in [-0.2, -0.15) is 0 Å². The minimum Gasteiger partial charge on any atom is -0.394 e. The van der Waals surface area contributed by atoms with Gasteiger partial charge in [0.1, 0.15) is 73.2 Å². The molecule has 3 rings (SSSR count). The number of ether oxygens (including phenoxy) is 6. The van der Waals surface area contributed by atoms with Gasteiger partial charge >= 0.3 is 0 Å². The van der Waals surface area contributed by atoms with E-state index < -0.39 is 112 Å². The average molecular weight is 689 g/mol. The van der Waals surface area contributed by atoms with Crippen LogP contribution in [0.3, 0.4) is 0 Å². The van der Waals surface area contributed by atoms with Gasteiger partial charge in [-0.3, -0.25) is 0 Å². The Balaban J connectivity index is 1.33. The van der Waals surface area contributed by atoms with Crippen LogP contribution in [0.4, 0.5) is 0 Å². The van der Waals surface area contributed by atoms with Gasteiger partial charge in [-0.1, -0.05) is 44.9 Å². The van der Waals surface area contributed by atoms with Gasteiger partial charge in [-0.15, -0.1) is 0 Å². The molecule has 278 valence electrons. The van der Waals surface area contributed by atoms with E-state index in [1.54, 1.807) is 6.92 Å². The number of rotatable bonds is 19. The third-order valence-corrected chi connectivity index (χ3v) is 8.97. The number of hydrogen-bond acceptors (Lipinski definition) is 17. The Bertz CT molecular complexity index is 853. The molecule has 16 unspecified atom stereocenters. The summed E-state index contributed by atoms with van der Waals surface area (Å²) in [6.07, 6.45) is -13.7. The van der Waals surface area contributed by atoms with Gasteiger partial charge in [-0.25, -0.2) is 0 Å². The molecule has 0 aliphatic carbocycles. The van der Waals surface area contributed by atoms with Crippen LogP contribution in [-0.2, 0) is 28.4 Å². The molecule has 0 aromatic carbocycles. The SMILES string of the molecule is CC(CCCCCCCCCCOC1OC(CO)C(O)C(O)C1O)OC1OC(CO)C(O)C(O)C1OC1OC(CO)C(O)C(O)C1O. The Morgan fingerprint density at radius 3 is 1.45 bits per heavy atom. The summed E-state index contributed by atoms with van der Waals surface area (Å²) in [4.78, 5) is 0. The summed E-state index contributed by atoms with van der Waals surface area (Å²) in [5.41, 5.74) is 0. The fourth-order valence-electron chi connectivity index (χ4n) is 5.94. The van der Waals surface area contributed by atoms with E-state index in [1.165, 1.54) is 0 Å². The summed E-state index contributed by atoms with van der Waals surface area (Å²) in [5.74, 6) is 0. The van der Waals surface area contributed by atoms with Crippen LogP contribution in [0.1, 0.15) is 64.7 Å². The molecule has 17 nitrogen and oxygen atoms in total. The second-order valence-corrected chi connectivity index (χ2v) is 12.6. The number of hydrogen-bond donors (Lipinski definition) is 11. The van der Waals surface area contributed by atoms with Crippen molar-refractivity contribution in [3.8, 4) is 0 Å². The van der Waals surface area contributed by atoms with E-state index in [2.05, 4.69) is 0 Å². The monoisotopic (exact) mass is 688 g/mol. The molecule has 3 heterocycles. The first-order valence-corrected chi connectivity index (χ1v) is 16.6. The van der Waals surface area contributed by atoms with Crippen LogP contribution in [0, 0.1) is 0 Å². The zero-order valence-corrected chi connectivity index (χ0v) is 26.8. The predicted molar refractivity (Wildman–Crippen MR) is 158 cm³/mol. The third kappa shape index (κ3) is 11.2. The van der Waals surface area contributed by atoms with E-state index in [0.717, 1.165) is 51.4 Å². The van der Waals surface area contributed by atoms with E-state index in [9.17, 15) is 56.2 Å². The topological polar surface area (TPSA) is 278 Å². The molecule has 0 saturated carbocycles. The van der Waals surface area contributed by atoms with Crippen molar-refractivity contribution in [1.82, 2.24) is 0 Å². The minimum absolute atomic E-state index is 0.300. The molecule has 3 aliphatic rings. The molecule has 0 amide bonds. The van der Waals surface area contributed by atoms with Crippen molar-refractivity contribution < 1.29 is 84.6 Å². The molecule has 3 fully saturated rings. The Morgan fingerprint density at radius 1 is 0.489 bits per heavy atom. The number of aliphatic hydroxyl groups is 11. The Kier molecular flexibility index (Phi) is 17.5. The van der Waals surface area contributed by atoms with E-state index >= 15 is 0 Å². The second-order valence-electron chi connectivity index (χ2n) is 12.6. The van der Waals surface area contributed by atoms with E-state index in [1.807, 2.05) is 0 Å².